The summed E-state index contributed by atoms with van der Waals surface area (Å²) in [6.45, 7) is 2.03. The van der Waals surface area contributed by atoms with Crippen LogP contribution in [-0.4, -0.2) is 17.1 Å². The number of carbonyl (C=O) groups excluding carboxylic acids is 1. The summed E-state index contributed by atoms with van der Waals surface area (Å²) in [5.41, 5.74) is 2.16. The zero-order chi connectivity index (χ0) is 15.6. The lowest BCUT2D eigenvalue weighted by atomic mass is 10.0. The van der Waals surface area contributed by atoms with E-state index in [0.717, 1.165) is 10.0 Å². The van der Waals surface area contributed by atoms with E-state index in [2.05, 4.69) is 37.9 Å². The van der Waals surface area contributed by atoms with Gasteiger partial charge in [0, 0.05) is 17.1 Å². The molecular formula is C15H12Br2N2O2. The van der Waals surface area contributed by atoms with Gasteiger partial charge in [-0.25, -0.2) is 4.79 Å². The zero-order valence-electron chi connectivity index (χ0n) is 11.5. The third-order valence-corrected chi connectivity index (χ3v) is 4.49. The van der Waals surface area contributed by atoms with E-state index in [0.29, 0.717) is 21.4 Å². The Bertz CT molecular complexity index is 728. The van der Waals surface area contributed by atoms with Crippen molar-refractivity contribution in [3.05, 3.63) is 44.6 Å². The van der Waals surface area contributed by atoms with Gasteiger partial charge in [-0.2, -0.15) is 5.26 Å². The largest absolute Gasteiger partial charge is 0.461 e. The Balaban J connectivity index is 2.73. The first-order valence-corrected chi connectivity index (χ1v) is 7.81. The Morgan fingerprint density at radius 2 is 1.95 bits per heavy atom. The van der Waals surface area contributed by atoms with Crippen molar-refractivity contribution in [1.82, 2.24) is 4.57 Å². The van der Waals surface area contributed by atoms with Crippen molar-refractivity contribution in [3.8, 4) is 17.2 Å². The van der Waals surface area contributed by atoms with E-state index in [9.17, 15) is 10.1 Å². The minimum Gasteiger partial charge on any atom is -0.461 e. The predicted octanol–water partition coefficient (Wildman–Crippen LogP) is 4.27. The molecule has 1 aromatic carbocycles. The highest BCUT2D eigenvalue weighted by Gasteiger charge is 2.26. The molecule has 1 heterocycles. The highest BCUT2D eigenvalue weighted by atomic mass is 79.9. The van der Waals surface area contributed by atoms with Crippen LogP contribution in [0.5, 0.6) is 0 Å². The maximum absolute atomic E-state index is 12.2. The third kappa shape index (κ3) is 2.89. The molecule has 0 N–H and O–H groups in total. The summed E-state index contributed by atoms with van der Waals surface area (Å²) in [5.74, 6) is -0.444. The van der Waals surface area contributed by atoms with Crippen molar-refractivity contribution in [1.29, 1.82) is 5.26 Å². The molecule has 2 aromatic rings. The van der Waals surface area contributed by atoms with Crippen LogP contribution in [0.2, 0.25) is 0 Å². The number of ether oxygens (including phenoxy) is 1. The number of esters is 1. The highest BCUT2D eigenvalue weighted by Crippen LogP contribution is 2.35. The monoisotopic (exact) mass is 410 g/mol. The predicted molar refractivity (Wildman–Crippen MR) is 86.9 cm³/mol. The number of halogens is 2. The zero-order valence-corrected chi connectivity index (χ0v) is 14.7. The molecule has 21 heavy (non-hydrogen) atoms. The molecule has 0 spiro atoms. The highest BCUT2D eigenvalue weighted by molar-refractivity contribution is 9.10. The molecule has 4 nitrogen and oxygen atoms in total. The Kier molecular flexibility index (Phi) is 4.86. The summed E-state index contributed by atoms with van der Waals surface area (Å²) in [6, 6.07) is 9.60. The maximum Gasteiger partial charge on any atom is 0.355 e. The molecule has 0 aliphatic heterocycles. The van der Waals surface area contributed by atoms with E-state index >= 15 is 0 Å². The molecule has 0 radical (unpaired) electrons. The summed E-state index contributed by atoms with van der Waals surface area (Å²) < 4.78 is 8.23. The summed E-state index contributed by atoms with van der Waals surface area (Å²) in [7, 11) is 1.72. The maximum atomic E-state index is 12.2. The van der Waals surface area contributed by atoms with E-state index in [-0.39, 0.29) is 6.61 Å². The van der Waals surface area contributed by atoms with Gasteiger partial charge in [-0.3, -0.25) is 0 Å². The van der Waals surface area contributed by atoms with Crippen LogP contribution >= 0.6 is 31.9 Å². The Labute approximate surface area is 139 Å². The summed E-state index contributed by atoms with van der Waals surface area (Å²) in [4.78, 5) is 12.2. The van der Waals surface area contributed by atoms with Crippen molar-refractivity contribution < 1.29 is 9.53 Å². The van der Waals surface area contributed by atoms with Crippen molar-refractivity contribution in [2.45, 2.75) is 6.92 Å². The smallest absolute Gasteiger partial charge is 0.355 e. The van der Waals surface area contributed by atoms with Crippen LogP contribution in [0.15, 0.2) is 33.3 Å². The number of nitriles is 1. The second-order valence-corrected chi connectivity index (χ2v) is 5.95. The molecule has 1 aromatic heterocycles. The van der Waals surface area contributed by atoms with E-state index in [1.807, 2.05) is 24.3 Å². The van der Waals surface area contributed by atoms with Crippen molar-refractivity contribution in [2.24, 2.45) is 7.05 Å². The Morgan fingerprint density at radius 3 is 2.48 bits per heavy atom. The summed E-state index contributed by atoms with van der Waals surface area (Å²) in [5, 5.41) is 9.41. The molecule has 0 aliphatic rings. The lowest BCUT2D eigenvalue weighted by Crippen LogP contribution is -2.11. The minimum atomic E-state index is -0.444. The van der Waals surface area contributed by atoms with E-state index in [4.69, 9.17) is 4.74 Å². The van der Waals surface area contributed by atoms with Gasteiger partial charge in [0.25, 0.3) is 0 Å². The summed E-state index contributed by atoms with van der Waals surface area (Å²) in [6.07, 6.45) is 0. The van der Waals surface area contributed by atoms with E-state index < -0.39 is 5.97 Å². The van der Waals surface area contributed by atoms with Crippen molar-refractivity contribution in [3.63, 3.8) is 0 Å². The molecule has 0 amide bonds. The van der Waals surface area contributed by atoms with E-state index in [1.54, 1.807) is 18.5 Å². The molecule has 0 atom stereocenters. The number of benzene rings is 1. The first-order valence-electron chi connectivity index (χ1n) is 6.22. The fraction of sp³-hybridized carbons (Fsp3) is 0.200. The standard InChI is InChI=1S/C15H12Br2N2O2/c1-3-21-15(20)13-12(9-4-6-10(16)7-5-9)11(8-18)14(17)19(13)2/h4-7H,3H2,1-2H3. The van der Waals surface area contributed by atoms with E-state index in [1.165, 1.54) is 0 Å². The molecule has 6 heteroatoms. The second kappa shape index (κ2) is 6.46. The molecule has 108 valence electrons. The van der Waals surface area contributed by atoms with Crippen LogP contribution in [0.4, 0.5) is 0 Å². The number of hydrogen-bond donors (Lipinski definition) is 0. The van der Waals surface area contributed by atoms with Gasteiger partial charge in [-0.1, -0.05) is 28.1 Å². The fourth-order valence-corrected chi connectivity index (χ4v) is 2.82. The average Bonchev–Trinajstić information content (AvgIpc) is 2.72. The first kappa shape index (κ1) is 15.8. The minimum absolute atomic E-state index is 0.281. The molecule has 0 unspecified atom stereocenters. The molecule has 0 saturated heterocycles. The summed E-state index contributed by atoms with van der Waals surface area (Å²) >= 11 is 6.74. The molecule has 0 aliphatic carbocycles. The van der Waals surface area contributed by atoms with Crippen molar-refractivity contribution in [2.75, 3.05) is 6.61 Å². The average molecular weight is 412 g/mol. The Hall–Kier alpha value is -1.58. The molecule has 0 fully saturated rings. The lowest BCUT2D eigenvalue weighted by molar-refractivity contribution is 0.0516. The van der Waals surface area contributed by atoms with Crippen LogP contribution in [0.3, 0.4) is 0 Å². The van der Waals surface area contributed by atoms with Gasteiger partial charge in [0.2, 0.25) is 0 Å². The van der Waals surface area contributed by atoms with Gasteiger partial charge in [0.15, 0.2) is 0 Å². The second-order valence-electron chi connectivity index (χ2n) is 4.29. The van der Waals surface area contributed by atoms with Gasteiger partial charge in [0.1, 0.15) is 16.4 Å². The first-order chi connectivity index (χ1) is 10.0. The molecule has 2 rings (SSSR count). The van der Waals surface area contributed by atoms with Gasteiger partial charge in [-0.05, 0) is 40.5 Å². The van der Waals surface area contributed by atoms with Crippen molar-refractivity contribution >= 4 is 37.8 Å². The number of carbonyl (C=O) groups is 1. The number of nitrogens with zero attached hydrogens (tertiary/aromatic N) is 2. The van der Waals surface area contributed by atoms with Gasteiger partial charge in [-0.15, -0.1) is 0 Å². The molecule has 0 bridgehead atoms. The van der Waals surface area contributed by atoms with Crippen LogP contribution in [0.25, 0.3) is 11.1 Å². The van der Waals surface area contributed by atoms with Gasteiger partial charge >= 0.3 is 5.97 Å². The molecule has 0 saturated carbocycles. The Morgan fingerprint density at radius 1 is 1.33 bits per heavy atom. The fourth-order valence-electron chi connectivity index (χ4n) is 2.09. The van der Waals surface area contributed by atoms with Gasteiger partial charge < -0.3 is 9.30 Å². The molecular weight excluding hydrogens is 400 g/mol. The number of rotatable bonds is 3. The quantitative estimate of drug-likeness (QED) is 0.708. The topological polar surface area (TPSA) is 55.0 Å². The number of aromatic nitrogens is 1. The third-order valence-electron chi connectivity index (χ3n) is 3.04. The lowest BCUT2D eigenvalue weighted by Gasteiger charge is -2.07. The normalized spacial score (nSPS) is 10.2. The van der Waals surface area contributed by atoms with Crippen LogP contribution in [-0.2, 0) is 11.8 Å². The van der Waals surface area contributed by atoms with Crippen LogP contribution in [0.1, 0.15) is 23.0 Å². The van der Waals surface area contributed by atoms with Gasteiger partial charge in [0.05, 0.1) is 12.2 Å². The SMILES string of the molecule is CCOC(=O)c1c(-c2ccc(Br)cc2)c(C#N)c(Br)n1C. The number of hydrogen-bond acceptors (Lipinski definition) is 3. The van der Waals surface area contributed by atoms with Crippen LogP contribution < -0.4 is 0 Å². The van der Waals surface area contributed by atoms with Crippen LogP contribution in [0, 0.1) is 11.3 Å².